The van der Waals surface area contributed by atoms with E-state index in [1.807, 2.05) is 6.08 Å². The quantitative estimate of drug-likeness (QED) is 0.488. The first-order chi connectivity index (χ1) is 14.6. The lowest BCUT2D eigenvalue weighted by Gasteiger charge is -2.41. The average molecular weight is 430 g/mol. The molecule has 3 rings (SSSR count). The van der Waals surface area contributed by atoms with Crippen LogP contribution in [0.4, 0.5) is 0 Å². The second-order valence-corrected chi connectivity index (χ2v) is 9.83. The van der Waals surface area contributed by atoms with Gasteiger partial charge in [-0.2, -0.15) is 0 Å². The maximum atomic E-state index is 11.8. The van der Waals surface area contributed by atoms with E-state index in [1.165, 1.54) is 23.3 Å². The molecule has 5 nitrogen and oxygen atoms in total. The summed E-state index contributed by atoms with van der Waals surface area (Å²) < 4.78 is 5.68. The Bertz CT molecular complexity index is 808. The van der Waals surface area contributed by atoms with Gasteiger partial charge in [0.25, 0.3) is 0 Å². The number of amides is 1. The Kier molecular flexibility index (Phi) is 7.29. The Morgan fingerprint density at radius 1 is 1.39 bits per heavy atom. The van der Waals surface area contributed by atoms with Gasteiger partial charge in [0.15, 0.2) is 5.79 Å². The smallest absolute Gasteiger partial charge is 0.224 e. The molecule has 3 aliphatic rings. The molecule has 0 unspecified atom stereocenters. The van der Waals surface area contributed by atoms with E-state index in [1.54, 1.807) is 19.7 Å². The van der Waals surface area contributed by atoms with Gasteiger partial charge in [-0.1, -0.05) is 49.8 Å². The third kappa shape index (κ3) is 5.05. The van der Waals surface area contributed by atoms with Gasteiger partial charge in [0.2, 0.25) is 5.91 Å². The van der Waals surface area contributed by atoms with Crippen LogP contribution in [0.1, 0.15) is 65.2 Å². The Balaban J connectivity index is 1.73. The standard InChI is InChI=1S/C26H39NO4/c1-6-21-11-12-22-19(8-7-14-25(21,22)3)9-10-20-16-26(30,17-23(28)18(20)2)31-15-13-24(29)27(4)5/h9-11,22-23,28,30H,2,6-8,12-17H2,1,3-5H3/t22-,23-,25+,26-/m0/s1. The zero-order valence-electron chi connectivity index (χ0n) is 19.6. The van der Waals surface area contributed by atoms with Crippen molar-refractivity contribution in [1.29, 1.82) is 0 Å². The summed E-state index contributed by atoms with van der Waals surface area (Å²) in [5, 5.41) is 21.4. The first kappa shape index (κ1) is 24.0. The van der Waals surface area contributed by atoms with Crippen LogP contribution in [0.5, 0.6) is 0 Å². The van der Waals surface area contributed by atoms with Crippen molar-refractivity contribution < 1.29 is 19.7 Å². The lowest BCUT2D eigenvalue weighted by Crippen LogP contribution is -2.42. The van der Waals surface area contributed by atoms with Crippen molar-refractivity contribution in [3.63, 3.8) is 0 Å². The van der Waals surface area contributed by atoms with E-state index in [0.717, 1.165) is 24.8 Å². The molecule has 0 aromatic heterocycles. The molecule has 172 valence electrons. The number of allylic oxidation sites excluding steroid dienone is 5. The summed E-state index contributed by atoms with van der Waals surface area (Å²) in [6.07, 6.45) is 12.1. The van der Waals surface area contributed by atoms with Crippen LogP contribution >= 0.6 is 0 Å². The van der Waals surface area contributed by atoms with Gasteiger partial charge in [0.05, 0.1) is 19.1 Å². The van der Waals surface area contributed by atoms with Crippen molar-refractivity contribution in [3.8, 4) is 0 Å². The summed E-state index contributed by atoms with van der Waals surface area (Å²) in [7, 11) is 3.39. The monoisotopic (exact) mass is 429 g/mol. The van der Waals surface area contributed by atoms with Gasteiger partial charge >= 0.3 is 0 Å². The van der Waals surface area contributed by atoms with E-state index in [0.29, 0.717) is 11.5 Å². The number of hydrogen-bond donors (Lipinski definition) is 2. The summed E-state index contributed by atoms with van der Waals surface area (Å²) in [6.45, 7) is 8.83. The third-order valence-electron chi connectivity index (χ3n) is 7.57. The van der Waals surface area contributed by atoms with Crippen LogP contribution in [0.25, 0.3) is 0 Å². The number of nitrogens with zero attached hydrogens (tertiary/aromatic N) is 1. The van der Waals surface area contributed by atoms with E-state index in [-0.39, 0.29) is 37.2 Å². The van der Waals surface area contributed by atoms with Crippen molar-refractivity contribution in [3.05, 3.63) is 47.1 Å². The average Bonchev–Trinajstić information content (AvgIpc) is 3.06. The van der Waals surface area contributed by atoms with Crippen LogP contribution in [-0.2, 0) is 9.53 Å². The van der Waals surface area contributed by atoms with E-state index in [9.17, 15) is 15.0 Å². The third-order valence-corrected chi connectivity index (χ3v) is 7.57. The molecule has 5 heteroatoms. The summed E-state index contributed by atoms with van der Waals surface area (Å²) in [5.41, 5.74) is 4.77. The molecule has 2 fully saturated rings. The Hall–Kier alpha value is -1.69. The van der Waals surface area contributed by atoms with Gasteiger partial charge < -0.3 is 19.8 Å². The highest BCUT2D eigenvalue weighted by Gasteiger charge is 2.44. The maximum Gasteiger partial charge on any atom is 0.224 e. The fourth-order valence-electron chi connectivity index (χ4n) is 5.61. The first-order valence-corrected chi connectivity index (χ1v) is 11.6. The second-order valence-electron chi connectivity index (χ2n) is 9.83. The van der Waals surface area contributed by atoms with Crippen LogP contribution < -0.4 is 0 Å². The zero-order chi connectivity index (χ0) is 22.8. The van der Waals surface area contributed by atoms with Crippen molar-refractivity contribution in [2.45, 2.75) is 77.1 Å². The minimum atomic E-state index is -1.48. The van der Waals surface area contributed by atoms with Crippen LogP contribution in [0.15, 0.2) is 47.1 Å². The molecular formula is C26H39NO4. The van der Waals surface area contributed by atoms with Gasteiger partial charge in [-0.05, 0) is 54.6 Å². The predicted molar refractivity (Wildman–Crippen MR) is 123 cm³/mol. The highest BCUT2D eigenvalue weighted by atomic mass is 16.6. The fourth-order valence-corrected chi connectivity index (χ4v) is 5.61. The molecule has 2 saturated carbocycles. The summed E-state index contributed by atoms with van der Waals surface area (Å²) >= 11 is 0. The Morgan fingerprint density at radius 3 is 2.81 bits per heavy atom. The van der Waals surface area contributed by atoms with Gasteiger partial charge in [0.1, 0.15) is 0 Å². The molecule has 0 heterocycles. The molecule has 0 radical (unpaired) electrons. The fraction of sp³-hybridized carbons (Fsp3) is 0.654. The second kappa shape index (κ2) is 9.43. The molecule has 0 aromatic carbocycles. The molecule has 31 heavy (non-hydrogen) atoms. The lowest BCUT2D eigenvalue weighted by atomic mass is 9.64. The molecule has 2 N–H and O–H groups in total. The van der Waals surface area contributed by atoms with Crippen molar-refractivity contribution >= 4 is 5.91 Å². The van der Waals surface area contributed by atoms with Gasteiger partial charge in [-0.15, -0.1) is 0 Å². The molecule has 3 aliphatic carbocycles. The number of rotatable bonds is 6. The van der Waals surface area contributed by atoms with Gasteiger partial charge in [0, 0.05) is 26.9 Å². The number of carbonyl (C=O) groups excluding carboxylic acids is 1. The van der Waals surface area contributed by atoms with Gasteiger partial charge in [-0.3, -0.25) is 4.79 Å². The largest absolute Gasteiger partial charge is 0.388 e. The Labute approximate surface area is 187 Å². The van der Waals surface area contributed by atoms with Crippen LogP contribution in [0.3, 0.4) is 0 Å². The molecule has 0 spiro atoms. The summed E-state index contributed by atoms with van der Waals surface area (Å²) in [6, 6.07) is 0. The number of ether oxygens (including phenoxy) is 1. The number of aliphatic hydroxyl groups excluding tert-OH is 1. The topological polar surface area (TPSA) is 70.0 Å². The SMILES string of the molecule is C=C1C(=CC=C2CCC[C@]3(C)C(CC)=CC[C@@H]23)C[C@](O)(OCCC(=O)N(C)C)C[C@@H]1O. The first-order valence-electron chi connectivity index (χ1n) is 11.6. The van der Waals surface area contributed by atoms with E-state index in [4.69, 9.17) is 4.74 Å². The predicted octanol–water partition coefficient (Wildman–Crippen LogP) is 4.28. The van der Waals surface area contributed by atoms with Gasteiger partial charge in [-0.25, -0.2) is 0 Å². The number of carbonyl (C=O) groups is 1. The summed E-state index contributed by atoms with van der Waals surface area (Å²) in [4.78, 5) is 13.3. The molecule has 0 aromatic rings. The van der Waals surface area contributed by atoms with E-state index in [2.05, 4.69) is 32.6 Å². The Morgan fingerprint density at radius 2 is 2.13 bits per heavy atom. The minimum Gasteiger partial charge on any atom is -0.388 e. The zero-order valence-corrected chi connectivity index (χ0v) is 19.6. The molecular weight excluding hydrogens is 390 g/mol. The van der Waals surface area contributed by atoms with Crippen LogP contribution in [-0.4, -0.2) is 53.6 Å². The lowest BCUT2D eigenvalue weighted by molar-refractivity contribution is -0.220. The normalized spacial score (nSPS) is 35.9. The number of fused-ring (bicyclic) bond motifs is 1. The molecule has 0 saturated heterocycles. The number of aliphatic hydroxyl groups is 2. The minimum absolute atomic E-state index is 0.0539. The van der Waals surface area contributed by atoms with Crippen molar-refractivity contribution in [1.82, 2.24) is 4.90 Å². The van der Waals surface area contributed by atoms with Crippen molar-refractivity contribution in [2.75, 3.05) is 20.7 Å². The van der Waals surface area contributed by atoms with E-state index < -0.39 is 11.9 Å². The highest BCUT2D eigenvalue weighted by molar-refractivity contribution is 5.75. The number of hydrogen-bond acceptors (Lipinski definition) is 4. The summed E-state index contributed by atoms with van der Waals surface area (Å²) in [5.74, 6) is -0.994. The molecule has 1 amide bonds. The maximum absolute atomic E-state index is 11.8. The molecule has 0 bridgehead atoms. The van der Waals surface area contributed by atoms with Crippen LogP contribution in [0, 0.1) is 11.3 Å². The molecule has 0 aliphatic heterocycles. The van der Waals surface area contributed by atoms with Crippen molar-refractivity contribution in [2.24, 2.45) is 11.3 Å². The molecule has 4 atom stereocenters. The highest BCUT2D eigenvalue weighted by Crippen LogP contribution is 2.55. The van der Waals surface area contributed by atoms with Crippen LogP contribution in [0.2, 0.25) is 0 Å². The van der Waals surface area contributed by atoms with E-state index >= 15 is 0 Å².